The summed E-state index contributed by atoms with van der Waals surface area (Å²) in [5, 5.41) is 0. The second-order valence-corrected chi connectivity index (χ2v) is 7.68. The molecule has 1 heterocycles. The van der Waals surface area contributed by atoms with Gasteiger partial charge < -0.3 is 0 Å². The van der Waals surface area contributed by atoms with Crippen LogP contribution in [0.3, 0.4) is 0 Å². The number of benzene rings is 2. The molecule has 0 N–H and O–H groups in total. The smallest absolute Gasteiger partial charge is 0.268 e. The zero-order valence-electron chi connectivity index (χ0n) is 12.8. The highest BCUT2D eigenvalue weighted by Gasteiger charge is 2.33. The molecule has 1 amide bonds. The number of nitrogens with zero attached hydrogens (tertiary/aromatic N) is 1. The molecule has 1 aliphatic rings. The SMILES string of the molecule is CSc1ccc(/C=C2\SC(=S)N(c3cccc(C)c3)C2=O)cc1. The summed E-state index contributed by atoms with van der Waals surface area (Å²) in [6.45, 7) is 2.00. The van der Waals surface area contributed by atoms with Crippen molar-refractivity contribution in [3.63, 3.8) is 0 Å². The summed E-state index contributed by atoms with van der Waals surface area (Å²) in [6.07, 6.45) is 3.95. The van der Waals surface area contributed by atoms with Gasteiger partial charge in [-0.2, -0.15) is 0 Å². The summed E-state index contributed by atoms with van der Waals surface area (Å²) in [4.78, 5) is 16.2. The zero-order valence-corrected chi connectivity index (χ0v) is 15.2. The third-order valence-corrected chi connectivity index (χ3v) is 5.51. The average molecular weight is 358 g/mol. The molecule has 0 aromatic heterocycles. The molecule has 1 fully saturated rings. The van der Waals surface area contributed by atoms with Gasteiger partial charge in [0.2, 0.25) is 0 Å². The Hall–Kier alpha value is -1.56. The molecule has 0 aliphatic carbocycles. The van der Waals surface area contributed by atoms with Crippen LogP contribution >= 0.6 is 35.7 Å². The molecule has 116 valence electrons. The van der Waals surface area contributed by atoms with E-state index in [0.29, 0.717) is 9.23 Å². The molecule has 1 aliphatic heterocycles. The third-order valence-electron chi connectivity index (χ3n) is 3.47. The number of hydrogen-bond acceptors (Lipinski definition) is 4. The zero-order chi connectivity index (χ0) is 16.4. The molecule has 0 atom stereocenters. The Morgan fingerprint density at radius 3 is 2.57 bits per heavy atom. The van der Waals surface area contributed by atoms with Crippen molar-refractivity contribution >= 4 is 57.7 Å². The van der Waals surface area contributed by atoms with E-state index >= 15 is 0 Å². The maximum atomic E-state index is 12.7. The van der Waals surface area contributed by atoms with Crippen LogP contribution in [0.2, 0.25) is 0 Å². The van der Waals surface area contributed by atoms with E-state index in [4.69, 9.17) is 12.2 Å². The monoisotopic (exact) mass is 357 g/mol. The lowest BCUT2D eigenvalue weighted by atomic mass is 10.2. The van der Waals surface area contributed by atoms with Crippen molar-refractivity contribution in [2.45, 2.75) is 11.8 Å². The Labute approximate surface area is 150 Å². The molecule has 23 heavy (non-hydrogen) atoms. The highest BCUT2D eigenvalue weighted by atomic mass is 32.2. The number of carbonyl (C=O) groups is 1. The van der Waals surface area contributed by atoms with Crippen LogP contribution in [-0.2, 0) is 4.79 Å². The van der Waals surface area contributed by atoms with Crippen LogP contribution in [0.5, 0.6) is 0 Å². The minimum Gasteiger partial charge on any atom is -0.268 e. The van der Waals surface area contributed by atoms with Crippen LogP contribution in [0.1, 0.15) is 11.1 Å². The Kier molecular flexibility index (Phi) is 4.90. The maximum absolute atomic E-state index is 12.7. The standard InChI is InChI=1S/C18H15NOS3/c1-12-4-3-5-14(10-12)19-17(20)16(23-18(19)21)11-13-6-8-15(22-2)9-7-13/h3-11H,1-2H3/b16-11-. The van der Waals surface area contributed by atoms with E-state index in [-0.39, 0.29) is 5.91 Å². The van der Waals surface area contributed by atoms with Crippen LogP contribution < -0.4 is 4.90 Å². The van der Waals surface area contributed by atoms with Crippen molar-refractivity contribution in [3.8, 4) is 0 Å². The Morgan fingerprint density at radius 2 is 1.91 bits per heavy atom. The molecule has 3 rings (SSSR count). The van der Waals surface area contributed by atoms with Crippen molar-refractivity contribution in [3.05, 3.63) is 64.6 Å². The summed E-state index contributed by atoms with van der Waals surface area (Å²) in [5.74, 6) is -0.0560. The van der Waals surface area contributed by atoms with E-state index in [9.17, 15) is 4.79 Å². The predicted molar refractivity (Wildman–Crippen MR) is 105 cm³/mol. The van der Waals surface area contributed by atoms with Crippen LogP contribution in [0.15, 0.2) is 58.3 Å². The first-order chi connectivity index (χ1) is 11.1. The summed E-state index contributed by atoms with van der Waals surface area (Å²) in [7, 11) is 0. The number of anilines is 1. The molecule has 0 radical (unpaired) electrons. The number of aryl methyl sites for hydroxylation is 1. The molecule has 5 heteroatoms. The minimum absolute atomic E-state index is 0.0560. The molecule has 0 spiro atoms. The normalized spacial score (nSPS) is 16.4. The largest absolute Gasteiger partial charge is 0.270 e. The van der Waals surface area contributed by atoms with E-state index in [0.717, 1.165) is 16.8 Å². The maximum Gasteiger partial charge on any atom is 0.270 e. The lowest BCUT2D eigenvalue weighted by molar-refractivity contribution is -0.113. The number of hydrogen-bond donors (Lipinski definition) is 0. The van der Waals surface area contributed by atoms with Crippen LogP contribution in [0.25, 0.3) is 6.08 Å². The van der Waals surface area contributed by atoms with Gasteiger partial charge in [0, 0.05) is 4.90 Å². The van der Waals surface area contributed by atoms with Gasteiger partial charge in [0.15, 0.2) is 4.32 Å². The molecule has 0 unspecified atom stereocenters. The van der Waals surface area contributed by atoms with Gasteiger partial charge in [-0.1, -0.05) is 48.2 Å². The van der Waals surface area contributed by atoms with Crippen LogP contribution in [0.4, 0.5) is 5.69 Å². The molecular weight excluding hydrogens is 342 g/mol. The van der Waals surface area contributed by atoms with Gasteiger partial charge in [-0.25, -0.2) is 0 Å². The number of thiocarbonyl (C=S) groups is 1. The van der Waals surface area contributed by atoms with Crippen LogP contribution in [0, 0.1) is 6.92 Å². The quantitative estimate of drug-likeness (QED) is 0.431. The highest BCUT2D eigenvalue weighted by Crippen LogP contribution is 2.36. The molecule has 0 saturated carbocycles. The Balaban J connectivity index is 1.89. The van der Waals surface area contributed by atoms with Gasteiger partial charge in [-0.15, -0.1) is 11.8 Å². The van der Waals surface area contributed by atoms with E-state index in [1.807, 2.05) is 55.7 Å². The topological polar surface area (TPSA) is 20.3 Å². The molecule has 2 nitrogen and oxygen atoms in total. The molecular formula is C18H15NOS3. The fourth-order valence-corrected chi connectivity index (χ4v) is 4.02. The third kappa shape index (κ3) is 3.52. The van der Waals surface area contributed by atoms with Gasteiger partial charge in [0.1, 0.15) is 0 Å². The van der Waals surface area contributed by atoms with Crippen molar-refractivity contribution in [1.29, 1.82) is 0 Å². The fraction of sp³-hybridized carbons (Fsp3) is 0.111. The second-order valence-electron chi connectivity index (χ2n) is 5.13. The number of carbonyl (C=O) groups excluding carboxylic acids is 1. The Morgan fingerprint density at radius 1 is 1.17 bits per heavy atom. The first-order valence-corrected chi connectivity index (χ1v) is 9.52. The summed E-state index contributed by atoms with van der Waals surface area (Å²) in [6, 6.07) is 16.0. The van der Waals surface area contributed by atoms with E-state index < -0.39 is 0 Å². The highest BCUT2D eigenvalue weighted by molar-refractivity contribution is 8.27. The number of amides is 1. The molecule has 1 saturated heterocycles. The summed E-state index contributed by atoms with van der Waals surface area (Å²) >= 11 is 8.45. The fourth-order valence-electron chi connectivity index (χ4n) is 2.31. The first kappa shape index (κ1) is 16.3. The van der Waals surface area contributed by atoms with Gasteiger partial charge in [-0.05, 0) is 54.6 Å². The van der Waals surface area contributed by atoms with E-state index in [1.165, 1.54) is 16.7 Å². The molecule has 2 aromatic carbocycles. The predicted octanol–water partition coefficient (Wildman–Crippen LogP) is 5.12. The number of rotatable bonds is 3. The summed E-state index contributed by atoms with van der Waals surface area (Å²) < 4.78 is 0.576. The molecule has 0 bridgehead atoms. The van der Waals surface area contributed by atoms with E-state index in [1.54, 1.807) is 16.7 Å². The average Bonchev–Trinajstić information content (AvgIpc) is 2.82. The van der Waals surface area contributed by atoms with Gasteiger partial charge in [-0.3, -0.25) is 9.69 Å². The van der Waals surface area contributed by atoms with Gasteiger partial charge in [0.05, 0.1) is 10.6 Å². The van der Waals surface area contributed by atoms with Gasteiger partial charge in [0.25, 0.3) is 5.91 Å². The number of thioether (sulfide) groups is 2. The van der Waals surface area contributed by atoms with Crippen molar-refractivity contribution < 1.29 is 4.79 Å². The summed E-state index contributed by atoms with van der Waals surface area (Å²) in [5.41, 5.74) is 2.94. The minimum atomic E-state index is -0.0560. The van der Waals surface area contributed by atoms with E-state index in [2.05, 4.69) is 12.1 Å². The second kappa shape index (κ2) is 6.91. The molecule has 2 aromatic rings. The lowest BCUT2D eigenvalue weighted by Crippen LogP contribution is -2.27. The van der Waals surface area contributed by atoms with Crippen molar-refractivity contribution in [1.82, 2.24) is 0 Å². The van der Waals surface area contributed by atoms with Crippen molar-refractivity contribution in [2.24, 2.45) is 0 Å². The first-order valence-electron chi connectivity index (χ1n) is 7.07. The Bertz CT molecular complexity index is 796. The van der Waals surface area contributed by atoms with Gasteiger partial charge >= 0.3 is 0 Å². The van der Waals surface area contributed by atoms with Crippen molar-refractivity contribution in [2.75, 3.05) is 11.2 Å². The lowest BCUT2D eigenvalue weighted by Gasteiger charge is -2.14. The van der Waals surface area contributed by atoms with Crippen LogP contribution in [-0.4, -0.2) is 16.5 Å².